The summed E-state index contributed by atoms with van der Waals surface area (Å²) < 4.78 is 6.06. The highest BCUT2D eigenvalue weighted by molar-refractivity contribution is 7.21. The zero-order valence-corrected chi connectivity index (χ0v) is 18.2. The van der Waals surface area contributed by atoms with Crippen LogP contribution in [-0.4, -0.2) is 28.4 Å². The van der Waals surface area contributed by atoms with E-state index in [9.17, 15) is 19.7 Å². The standard InChI is InChI=1S/C23H18N4O5S/c1-13-2-9-18-20(10-13)33-22(26-18)14-3-6-16(7-4-14)25-21(28)12-32-23(29)15-5-8-17(24)19(11-15)27(30)31/h2-11H,12,24H2,1H3,(H,25,28). The largest absolute Gasteiger partial charge is 0.452 e. The van der Waals surface area contributed by atoms with E-state index < -0.39 is 29.1 Å². The number of thiazole rings is 1. The van der Waals surface area contributed by atoms with E-state index in [1.165, 1.54) is 17.7 Å². The third kappa shape index (κ3) is 4.96. The van der Waals surface area contributed by atoms with E-state index in [1.54, 1.807) is 23.5 Å². The number of benzene rings is 3. The molecule has 0 aliphatic heterocycles. The van der Waals surface area contributed by atoms with Crippen LogP contribution in [-0.2, 0) is 9.53 Å². The van der Waals surface area contributed by atoms with E-state index in [0.29, 0.717) is 5.69 Å². The average molecular weight is 462 g/mol. The molecule has 0 saturated heterocycles. The number of amides is 1. The molecule has 0 atom stereocenters. The van der Waals surface area contributed by atoms with Gasteiger partial charge in [-0.1, -0.05) is 6.07 Å². The lowest BCUT2D eigenvalue weighted by molar-refractivity contribution is -0.383. The van der Waals surface area contributed by atoms with Crippen LogP contribution in [0.1, 0.15) is 15.9 Å². The number of hydrogen-bond donors (Lipinski definition) is 2. The first kappa shape index (κ1) is 21.9. The number of ether oxygens (including phenoxy) is 1. The SMILES string of the molecule is Cc1ccc2nc(-c3ccc(NC(=O)COC(=O)c4ccc(N)c([N+](=O)[O-])c4)cc3)sc2c1. The Balaban J connectivity index is 1.36. The van der Waals surface area contributed by atoms with Crippen LogP contribution in [0.3, 0.4) is 0 Å². The number of carbonyl (C=O) groups is 2. The molecular formula is C23H18N4O5S. The van der Waals surface area contributed by atoms with Crippen molar-refractivity contribution in [3.63, 3.8) is 0 Å². The Kier molecular flexibility index (Phi) is 6.01. The van der Waals surface area contributed by atoms with Gasteiger partial charge in [-0.3, -0.25) is 14.9 Å². The second-order valence-electron chi connectivity index (χ2n) is 7.22. The highest BCUT2D eigenvalue weighted by Gasteiger charge is 2.17. The second-order valence-corrected chi connectivity index (χ2v) is 8.25. The molecule has 0 fully saturated rings. The van der Waals surface area contributed by atoms with Gasteiger partial charge in [0.15, 0.2) is 6.61 Å². The lowest BCUT2D eigenvalue weighted by Gasteiger charge is -2.07. The average Bonchev–Trinajstić information content (AvgIpc) is 3.21. The summed E-state index contributed by atoms with van der Waals surface area (Å²) in [7, 11) is 0. The molecule has 3 aromatic carbocycles. The highest BCUT2D eigenvalue weighted by Crippen LogP contribution is 2.31. The first-order valence-corrected chi connectivity index (χ1v) is 10.6. The fraction of sp³-hybridized carbons (Fsp3) is 0.0870. The molecule has 0 unspecified atom stereocenters. The molecule has 0 aliphatic rings. The van der Waals surface area contributed by atoms with E-state index in [0.717, 1.165) is 26.9 Å². The molecule has 0 radical (unpaired) electrons. The van der Waals surface area contributed by atoms with Crippen LogP contribution in [0.4, 0.5) is 17.1 Å². The number of nitrogens with two attached hydrogens (primary N) is 1. The molecule has 3 N–H and O–H groups in total. The summed E-state index contributed by atoms with van der Waals surface area (Å²) in [5.74, 6) is -1.41. The van der Waals surface area contributed by atoms with Gasteiger partial charge in [0.05, 0.1) is 20.7 Å². The van der Waals surface area contributed by atoms with Gasteiger partial charge in [-0.2, -0.15) is 0 Å². The number of nitro groups is 1. The molecule has 0 spiro atoms. The fourth-order valence-corrected chi connectivity index (χ4v) is 4.16. The fourth-order valence-electron chi connectivity index (χ4n) is 3.09. The summed E-state index contributed by atoms with van der Waals surface area (Å²) in [5.41, 5.74) is 8.52. The predicted octanol–water partition coefficient (Wildman–Crippen LogP) is 4.56. The van der Waals surface area contributed by atoms with Crippen LogP contribution in [0.5, 0.6) is 0 Å². The first-order valence-electron chi connectivity index (χ1n) is 9.78. The molecule has 0 aliphatic carbocycles. The summed E-state index contributed by atoms with van der Waals surface area (Å²) in [6.07, 6.45) is 0. The Bertz CT molecular complexity index is 1380. The topological polar surface area (TPSA) is 137 Å². The Labute approximate surface area is 192 Å². The third-order valence-corrected chi connectivity index (χ3v) is 5.82. The second kappa shape index (κ2) is 9.05. The van der Waals surface area contributed by atoms with Gasteiger partial charge >= 0.3 is 5.97 Å². The predicted molar refractivity (Wildman–Crippen MR) is 126 cm³/mol. The number of rotatable bonds is 6. The van der Waals surface area contributed by atoms with E-state index in [-0.39, 0.29) is 11.3 Å². The maximum absolute atomic E-state index is 12.2. The Morgan fingerprint density at radius 2 is 1.88 bits per heavy atom. The van der Waals surface area contributed by atoms with Gasteiger partial charge in [0.1, 0.15) is 10.7 Å². The number of aromatic nitrogens is 1. The van der Waals surface area contributed by atoms with Crippen molar-refractivity contribution in [2.45, 2.75) is 6.92 Å². The number of nitro benzene ring substituents is 1. The van der Waals surface area contributed by atoms with E-state index in [4.69, 9.17) is 10.5 Å². The van der Waals surface area contributed by atoms with Gasteiger partial charge < -0.3 is 15.8 Å². The van der Waals surface area contributed by atoms with Crippen molar-refractivity contribution < 1.29 is 19.2 Å². The zero-order valence-electron chi connectivity index (χ0n) is 17.4. The minimum atomic E-state index is -0.866. The lowest BCUT2D eigenvalue weighted by Crippen LogP contribution is -2.21. The quantitative estimate of drug-likeness (QED) is 0.185. The number of nitrogen functional groups attached to an aromatic ring is 1. The maximum Gasteiger partial charge on any atom is 0.338 e. The minimum Gasteiger partial charge on any atom is -0.452 e. The van der Waals surface area contributed by atoms with E-state index >= 15 is 0 Å². The molecule has 33 heavy (non-hydrogen) atoms. The van der Waals surface area contributed by atoms with E-state index in [2.05, 4.69) is 16.4 Å². The van der Waals surface area contributed by atoms with Gasteiger partial charge in [0, 0.05) is 17.3 Å². The molecule has 10 heteroatoms. The highest BCUT2D eigenvalue weighted by atomic mass is 32.1. The number of anilines is 2. The molecule has 4 rings (SSSR count). The van der Waals surface area contributed by atoms with Crippen molar-refractivity contribution in [1.82, 2.24) is 4.98 Å². The van der Waals surface area contributed by atoms with E-state index in [1.807, 2.05) is 31.2 Å². The molecule has 1 heterocycles. The molecule has 1 amide bonds. The molecule has 166 valence electrons. The van der Waals surface area contributed by atoms with Crippen LogP contribution >= 0.6 is 11.3 Å². The van der Waals surface area contributed by atoms with Gasteiger partial charge in [0.2, 0.25) is 0 Å². The van der Waals surface area contributed by atoms with Crippen LogP contribution < -0.4 is 11.1 Å². The summed E-state index contributed by atoms with van der Waals surface area (Å²) >= 11 is 1.59. The number of carbonyl (C=O) groups excluding carboxylic acids is 2. The van der Waals surface area contributed by atoms with Crippen molar-refractivity contribution in [3.05, 3.63) is 81.9 Å². The number of nitrogens with zero attached hydrogens (tertiary/aromatic N) is 2. The van der Waals surface area contributed by atoms with Gasteiger partial charge in [-0.15, -0.1) is 11.3 Å². The lowest BCUT2D eigenvalue weighted by atomic mass is 10.2. The normalized spacial score (nSPS) is 10.7. The van der Waals surface area contributed by atoms with Crippen molar-refractivity contribution in [2.75, 3.05) is 17.7 Å². The molecule has 9 nitrogen and oxygen atoms in total. The third-order valence-electron chi connectivity index (χ3n) is 4.76. The van der Waals surface area contributed by atoms with Crippen LogP contribution in [0, 0.1) is 17.0 Å². The van der Waals surface area contributed by atoms with Crippen molar-refractivity contribution in [1.29, 1.82) is 0 Å². The number of hydrogen-bond acceptors (Lipinski definition) is 8. The van der Waals surface area contributed by atoms with Crippen molar-refractivity contribution in [3.8, 4) is 10.6 Å². The number of esters is 1. The van der Waals surface area contributed by atoms with Crippen molar-refractivity contribution in [2.24, 2.45) is 0 Å². The number of aryl methyl sites for hydroxylation is 1. The first-order chi connectivity index (χ1) is 15.8. The van der Waals surface area contributed by atoms with Gasteiger partial charge in [0.25, 0.3) is 11.6 Å². The Morgan fingerprint density at radius 1 is 1.12 bits per heavy atom. The van der Waals surface area contributed by atoms with Gasteiger partial charge in [-0.05, 0) is 61.0 Å². The Hall–Kier alpha value is -4.31. The summed E-state index contributed by atoms with van der Waals surface area (Å²) in [5, 5.41) is 14.5. The van der Waals surface area contributed by atoms with Gasteiger partial charge in [-0.25, -0.2) is 9.78 Å². The van der Waals surface area contributed by atoms with Crippen LogP contribution in [0.2, 0.25) is 0 Å². The summed E-state index contributed by atoms with van der Waals surface area (Å²) in [6, 6.07) is 16.8. The smallest absolute Gasteiger partial charge is 0.338 e. The molecule has 0 bridgehead atoms. The summed E-state index contributed by atoms with van der Waals surface area (Å²) in [6.45, 7) is 1.49. The zero-order chi connectivity index (χ0) is 23.5. The molecular weight excluding hydrogens is 444 g/mol. The number of fused-ring (bicyclic) bond motifs is 1. The Morgan fingerprint density at radius 3 is 2.61 bits per heavy atom. The maximum atomic E-state index is 12.2. The monoisotopic (exact) mass is 462 g/mol. The van der Waals surface area contributed by atoms with Crippen molar-refractivity contribution >= 4 is 50.5 Å². The minimum absolute atomic E-state index is 0.0703. The van der Waals surface area contributed by atoms with Crippen LogP contribution in [0.25, 0.3) is 20.8 Å². The summed E-state index contributed by atoms with van der Waals surface area (Å²) in [4.78, 5) is 39.2. The molecule has 0 saturated carbocycles. The van der Waals surface area contributed by atoms with Crippen LogP contribution in [0.15, 0.2) is 60.7 Å². The molecule has 1 aromatic heterocycles. The molecule has 4 aromatic rings. The number of nitrogens with one attached hydrogen (secondary N) is 1.